The molecule has 1 heterocycles. The van der Waals surface area contributed by atoms with Crippen LogP contribution in [0.3, 0.4) is 0 Å². The summed E-state index contributed by atoms with van der Waals surface area (Å²) in [6, 6.07) is 3.25. The monoisotopic (exact) mass is 259 g/mol. The molecule has 76 valence electrons. The van der Waals surface area contributed by atoms with Gasteiger partial charge in [0, 0.05) is 6.07 Å². The van der Waals surface area contributed by atoms with E-state index in [1.807, 2.05) is 0 Å². The minimum absolute atomic E-state index is 0.163. The maximum absolute atomic E-state index is 11.2. The minimum atomic E-state index is -0.258. The highest BCUT2D eigenvalue weighted by atomic mass is 79.9. The van der Waals surface area contributed by atoms with Gasteiger partial charge in [-0.1, -0.05) is 15.9 Å². The fourth-order valence-corrected chi connectivity index (χ4v) is 0.836. The highest BCUT2D eigenvalue weighted by Gasteiger charge is 2.09. The molecule has 0 aliphatic rings. The predicted octanol–water partition coefficient (Wildman–Crippen LogP) is 1.21. The Bertz CT molecular complexity index is 313. The van der Waals surface area contributed by atoms with Crippen LogP contribution < -0.4 is 10.1 Å². The van der Waals surface area contributed by atoms with Gasteiger partial charge in [-0.05, 0) is 13.0 Å². The van der Waals surface area contributed by atoms with E-state index in [4.69, 9.17) is 4.74 Å². The summed E-state index contributed by atoms with van der Waals surface area (Å²) in [5.41, 5.74) is 0. The number of ether oxygens (including phenoxy) is 1. The maximum Gasteiger partial charge on any atom is 0.239 e. The number of amides is 1. The molecule has 0 radical (unpaired) electrons. The van der Waals surface area contributed by atoms with Crippen molar-refractivity contribution in [2.45, 2.75) is 11.8 Å². The van der Waals surface area contributed by atoms with E-state index >= 15 is 0 Å². The summed E-state index contributed by atoms with van der Waals surface area (Å²) in [5.74, 6) is 0.654. The molecular weight excluding hydrogens is 250 g/mol. The van der Waals surface area contributed by atoms with Crippen LogP contribution in [0.2, 0.25) is 0 Å². The lowest BCUT2D eigenvalue weighted by Crippen LogP contribution is -2.20. The second-order valence-corrected chi connectivity index (χ2v) is 3.94. The number of rotatable bonds is 3. The van der Waals surface area contributed by atoms with Crippen LogP contribution in [0.1, 0.15) is 6.92 Å². The summed E-state index contributed by atoms with van der Waals surface area (Å²) < 4.78 is 4.83. The van der Waals surface area contributed by atoms with Crippen LogP contribution >= 0.6 is 15.9 Å². The highest BCUT2D eigenvalue weighted by molar-refractivity contribution is 9.10. The third-order valence-electron chi connectivity index (χ3n) is 1.46. The first-order chi connectivity index (χ1) is 6.63. The maximum atomic E-state index is 11.2. The number of hydrogen-bond acceptors (Lipinski definition) is 4. The van der Waals surface area contributed by atoms with Gasteiger partial charge in [-0.25, -0.2) is 0 Å². The van der Waals surface area contributed by atoms with Crippen molar-refractivity contribution in [2.75, 3.05) is 12.4 Å². The molecule has 1 atom stereocenters. The summed E-state index contributed by atoms with van der Waals surface area (Å²) in [6.07, 6.45) is 0. The lowest BCUT2D eigenvalue weighted by molar-refractivity contribution is -0.115. The first kappa shape index (κ1) is 10.9. The molecule has 1 aromatic rings. The van der Waals surface area contributed by atoms with Gasteiger partial charge in [-0.3, -0.25) is 4.79 Å². The molecule has 1 unspecified atom stereocenters. The number of anilines is 1. The van der Waals surface area contributed by atoms with Gasteiger partial charge in [-0.15, -0.1) is 10.2 Å². The second-order valence-electron chi connectivity index (χ2n) is 2.57. The van der Waals surface area contributed by atoms with Gasteiger partial charge in [0.15, 0.2) is 5.82 Å². The van der Waals surface area contributed by atoms with E-state index in [9.17, 15) is 4.79 Å². The van der Waals surface area contributed by atoms with Crippen molar-refractivity contribution in [1.29, 1.82) is 0 Å². The molecule has 1 rings (SSSR count). The predicted molar refractivity (Wildman–Crippen MR) is 55.6 cm³/mol. The molecule has 0 fully saturated rings. The quantitative estimate of drug-likeness (QED) is 0.829. The number of hydrogen-bond donors (Lipinski definition) is 1. The summed E-state index contributed by atoms with van der Waals surface area (Å²) >= 11 is 3.14. The van der Waals surface area contributed by atoms with E-state index < -0.39 is 0 Å². The fourth-order valence-electron chi connectivity index (χ4n) is 0.721. The molecule has 0 aliphatic carbocycles. The standard InChI is InChI=1S/C8H10BrN3O2/c1-5(9)8(13)10-6-3-4-7(14-2)12-11-6/h3-5H,1-2H3,(H,10,11,13). The van der Waals surface area contributed by atoms with Gasteiger partial charge in [-0.2, -0.15) is 0 Å². The van der Waals surface area contributed by atoms with Crippen LogP contribution in [-0.4, -0.2) is 28.0 Å². The van der Waals surface area contributed by atoms with E-state index in [0.717, 1.165) is 0 Å². The summed E-state index contributed by atoms with van der Waals surface area (Å²) in [4.78, 5) is 11.0. The second kappa shape index (κ2) is 4.90. The summed E-state index contributed by atoms with van der Waals surface area (Å²) in [6.45, 7) is 1.73. The van der Waals surface area contributed by atoms with Crippen molar-refractivity contribution in [1.82, 2.24) is 10.2 Å². The zero-order valence-electron chi connectivity index (χ0n) is 7.82. The molecule has 0 aromatic carbocycles. The topological polar surface area (TPSA) is 64.1 Å². The molecular formula is C8H10BrN3O2. The number of carbonyl (C=O) groups is 1. The molecule has 0 saturated carbocycles. The number of alkyl halides is 1. The van der Waals surface area contributed by atoms with Crippen molar-refractivity contribution in [3.05, 3.63) is 12.1 Å². The molecule has 5 nitrogen and oxygen atoms in total. The third kappa shape index (κ3) is 2.95. The van der Waals surface area contributed by atoms with Gasteiger partial charge < -0.3 is 10.1 Å². The first-order valence-corrected chi connectivity index (χ1v) is 4.87. The Kier molecular flexibility index (Phi) is 3.82. The van der Waals surface area contributed by atoms with Crippen LogP contribution in [0.25, 0.3) is 0 Å². The van der Waals surface area contributed by atoms with Crippen LogP contribution in [0.15, 0.2) is 12.1 Å². The van der Waals surface area contributed by atoms with E-state index in [0.29, 0.717) is 11.7 Å². The zero-order chi connectivity index (χ0) is 10.6. The van der Waals surface area contributed by atoms with E-state index in [-0.39, 0.29) is 10.7 Å². The SMILES string of the molecule is COc1ccc(NC(=O)C(C)Br)nn1. The molecule has 0 spiro atoms. The number of aromatic nitrogens is 2. The van der Waals surface area contributed by atoms with Gasteiger partial charge in [0.05, 0.1) is 11.9 Å². The van der Waals surface area contributed by atoms with Gasteiger partial charge in [0.1, 0.15) is 0 Å². The Morgan fingerprint density at radius 3 is 2.71 bits per heavy atom. The van der Waals surface area contributed by atoms with Gasteiger partial charge in [0.25, 0.3) is 0 Å². The van der Waals surface area contributed by atoms with Crippen LogP contribution in [-0.2, 0) is 4.79 Å². The normalized spacial score (nSPS) is 11.9. The van der Waals surface area contributed by atoms with Crippen molar-refractivity contribution < 1.29 is 9.53 Å². The smallest absolute Gasteiger partial charge is 0.239 e. The number of nitrogens with zero attached hydrogens (tertiary/aromatic N) is 2. The lowest BCUT2D eigenvalue weighted by atomic mass is 10.4. The van der Waals surface area contributed by atoms with E-state index in [1.54, 1.807) is 19.1 Å². The summed E-state index contributed by atoms with van der Waals surface area (Å²) in [7, 11) is 1.50. The van der Waals surface area contributed by atoms with Gasteiger partial charge >= 0.3 is 0 Å². The molecule has 1 aromatic heterocycles. The lowest BCUT2D eigenvalue weighted by Gasteiger charge is -2.04. The molecule has 0 aliphatic heterocycles. The molecule has 1 amide bonds. The van der Waals surface area contributed by atoms with Crippen molar-refractivity contribution in [3.8, 4) is 5.88 Å². The molecule has 1 N–H and O–H groups in total. The number of nitrogens with one attached hydrogen (secondary N) is 1. The van der Waals surface area contributed by atoms with Crippen LogP contribution in [0.4, 0.5) is 5.82 Å². The van der Waals surface area contributed by atoms with Crippen molar-refractivity contribution in [3.63, 3.8) is 0 Å². The van der Waals surface area contributed by atoms with Crippen LogP contribution in [0.5, 0.6) is 5.88 Å². The molecule has 14 heavy (non-hydrogen) atoms. The first-order valence-electron chi connectivity index (χ1n) is 3.96. The van der Waals surface area contributed by atoms with Gasteiger partial charge in [0.2, 0.25) is 11.8 Å². The highest BCUT2D eigenvalue weighted by Crippen LogP contribution is 2.08. The summed E-state index contributed by atoms with van der Waals surface area (Å²) in [5, 5.41) is 10.0. The Hall–Kier alpha value is -1.17. The van der Waals surface area contributed by atoms with Crippen molar-refractivity contribution in [2.24, 2.45) is 0 Å². The molecule has 0 saturated heterocycles. The molecule has 0 bridgehead atoms. The van der Waals surface area contributed by atoms with Crippen LogP contribution in [0, 0.1) is 0 Å². The average Bonchev–Trinajstić information content (AvgIpc) is 2.19. The Balaban J connectivity index is 2.64. The third-order valence-corrected chi connectivity index (χ3v) is 1.88. The largest absolute Gasteiger partial charge is 0.480 e. The Morgan fingerprint density at radius 2 is 2.29 bits per heavy atom. The number of carbonyl (C=O) groups excluding carboxylic acids is 1. The number of methoxy groups -OCH3 is 1. The van der Waals surface area contributed by atoms with E-state index in [2.05, 4.69) is 31.4 Å². The Labute approximate surface area is 90.0 Å². The zero-order valence-corrected chi connectivity index (χ0v) is 9.41. The molecule has 6 heteroatoms. The van der Waals surface area contributed by atoms with E-state index in [1.165, 1.54) is 7.11 Å². The Morgan fingerprint density at radius 1 is 1.57 bits per heavy atom. The fraction of sp³-hybridized carbons (Fsp3) is 0.375. The minimum Gasteiger partial charge on any atom is -0.480 e. The van der Waals surface area contributed by atoms with Crippen molar-refractivity contribution >= 4 is 27.7 Å². The number of halogens is 1. The average molecular weight is 260 g/mol.